The normalized spacial score (nSPS) is 14.6. The van der Waals surface area contributed by atoms with Crippen LogP contribution in [0.2, 0.25) is 0 Å². The molecule has 190 valence electrons. The predicted octanol–water partition coefficient (Wildman–Crippen LogP) is 4.22. The minimum Gasteiger partial charge on any atom is -0.462 e. The second kappa shape index (κ2) is 17.5. The highest BCUT2D eigenvalue weighted by atomic mass is 31.2. The SMILES string of the molecule is CCCCCCCCC(=O)OC(COC(=O)CCCC)COP(=O)(O)OCC[N+](C)(C)C. The number of unbranched alkanes of at least 4 members (excludes halogenated alkanes) is 6. The minimum atomic E-state index is -4.32. The number of quaternary nitrogens is 1. The fraction of sp³-hybridized carbons (Fsp3) is 0.909. The molecule has 0 rings (SSSR count). The number of ether oxygens (including phenoxy) is 2. The number of hydrogen-bond acceptors (Lipinski definition) is 7. The van der Waals surface area contributed by atoms with Gasteiger partial charge in [0.05, 0.1) is 27.7 Å². The number of nitrogens with zero attached hydrogens (tertiary/aromatic N) is 1. The van der Waals surface area contributed by atoms with Crippen molar-refractivity contribution in [3.05, 3.63) is 0 Å². The number of rotatable bonds is 20. The molecule has 0 bridgehead atoms. The molecule has 0 heterocycles. The summed E-state index contributed by atoms with van der Waals surface area (Å²) in [6.45, 7) is 4.02. The summed E-state index contributed by atoms with van der Waals surface area (Å²) in [6.07, 6.45) is 7.29. The molecule has 0 fully saturated rings. The fourth-order valence-electron chi connectivity index (χ4n) is 2.63. The first kappa shape index (κ1) is 31.0. The maximum Gasteiger partial charge on any atom is 0.472 e. The highest BCUT2D eigenvalue weighted by Crippen LogP contribution is 2.43. The quantitative estimate of drug-likeness (QED) is 0.119. The maximum absolute atomic E-state index is 12.2. The van der Waals surface area contributed by atoms with Gasteiger partial charge in [0.25, 0.3) is 0 Å². The van der Waals surface area contributed by atoms with Crippen molar-refractivity contribution in [1.82, 2.24) is 0 Å². The van der Waals surface area contributed by atoms with Crippen LogP contribution in [0.4, 0.5) is 0 Å². The van der Waals surface area contributed by atoms with Crippen molar-refractivity contribution in [2.45, 2.75) is 84.2 Å². The first-order valence-corrected chi connectivity index (χ1v) is 13.3. The second-order valence-corrected chi connectivity index (χ2v) is 10.5. The Labute approximate surface area is 193 Å². The molecule has 0 aromatic heterocycles. The lowest BCUT2D eigenvalue weighted by atomic mass is 10.1. The van der Waals surface area contributed by atoms with E-state index in [9.17, 15) is 19.0 Å². The van der Waals surface area contributed by atoms with E-state index < -0.39 is 32.5 Å². The summed E-state index contributed by atoms with van der Waals surface area (Å²) in [5, 5.41) is 0. The van der Waals surface area contributed by atoms with E-state index in [-0.39, 0.29) is 26.1 Å². The van der Waals surface area contributed by atoms with E-state index in [2.05, 4.69) is 6.92 Å². The zero-order valence-electron chi connectivity index (χ0n) is 20.7. The van der Waals surface area contributed by atoms with Crippen LogP contribution >= 0.6 is 7.82 Å². The summed E-state index contributed by atoms with van der Waals surface area (Å²) in [4.78, 5) is 33.9. The Bertz CT molecular complexity index is 565. The van der Waals surface area contributed by atoms with Gasteiger partial charge in [-0.25, -0.2) is 4.57 Å². The van der Waals surface area contributed by atoms with Crippen LogP contribution in [-0.2, 0) is 32.7 Å². The Morgan fingerprint density at radius 3 is 2.06 bits per heavy atom. The highest BCUT2D eigenvalue weighted by Gasteiger charge is 2.26. The van der Waals surface area contributed by atoms with Gasteiger partial charge in [-0.3, -0.25) is 18.6 Å². The van der Waals surface area contributed by atoms with Crippen LogP contribution in [0.15, 0.2) is 0 Å². The molecule has 0 aromatic rings. The van der Waals surface area contributed by atoms with E-state index in [1.165, 1.54) is 6.42 Å². The van der Waals surface area contributed by atoms with Gasteiger partial charge < -0.3 is 18.9 Å². The van der Waals surface area contributed by atoms with E-state index in [0.29, 0.717) is 23.9 Å². The smallest absolute Gasteiger partial charge is 0.462 e. The van der Waals surface area contributed by atoms with Gasteiger partial charge in [0.15, 0.2) is 6.10 Å². The molecule has 9 nitrogen and oxygen atoms in total. The van der Waals surface area contributed by atoms with Gasteiger partial charge in [-0.15, -0.1) is 0 Å². The molecule has 0 amide bonds. The van der Waals surface area contributed by atoms with Crippen LogP contribution in [0, 0.1) is 0 Å². The van der Waals surface area contributed by atoms with Gasteiger partial charge in [0, 0.05) is 12.8 Å². The topological polar surface area (TPSA) is 108 Å². The molecule has 0 radical (unpaired) electrons. The molecule has 2 atom stereocenters. The maximum atomic E-state index is 12.2. The van der Waals surface area contributed by atoms with Crippen molar-refractivity contribution in [1.29, 1.82) is 0 Å². The summed E-state index contributed by atoms with van der Waals surface area (Å²) >= 11 is 0. The average molecular weight is 483 g/mol. The lowest BCUT2D eigenvalue weighted by Gasteiger charge is -2.24. The van der Waals surface area contributed by atoms with Gasteiger partial charge in [-0.05, 0) is 12.8 Å². The van der Waals surface area contributed by atoms with Crippen molar-refractivity contribution in [3.63, 3.8) is 0 Å². The monoisotopic (exact) mass is 482 g/mol. The van der Waals surface area contributed by atoms with E-state index in [0.717, 1.165) is 32.1 Å². The van der Waals surface area contributed by atoms with Crippen LogP contribution in [-0.4, -0.2) is 74.9 Å². The molecule has 0 aliphatic rings. The number of carbonyl (C=O) groups excluding carboxylic acids is 2. The number of phosphoric acid groups is 1. The van der Waals surface area contributed by atoms with Gasteiger partial charge >= 0.3 is 19.8 Å². The Balaban J connectivity index is 4.59. The first-order valence-electron chi connectivity index (χ1n) is 11.8. The Hall–Kier alpha value is -0.990. The molecule has 0 saturated heterocycles. The van der Waals surface area contributed by atoms with E-state index >= 15 is 0 Å². The lowest BCUT2D eigenvalue weighted by molar-refractivity contribution is -0.870. The molecular weight excluding hydrogens is 437 g/mol. The molecule has 0 spiro atoms. The van der Waals surface area contributed by atoms with Crippen molar-refractivity contribution in [2.24, 2.45) is 0 Å². The van der Waals surface area contributed by atoms with Crippen LogP contribution < -0.4 is 0 Å². The van der Waals surface area contributed by atoms with Crippen LogP contribution in [0.5, 0.6) is 0 Å². The number of esters is 2. The van der Waals surface area contributed by atoms with Gasteiger partial charge in [-0.2, -0.15) is 0 Å². The summed E-state index contributed by atoms with van der Waals surface area (Å²) in [6, 6.07) is 0. The molecule has 0 saturated carbocycles. The highest BCUT2D eigenvalue weighted by molar-refractivity contribution is 7.47. The zero-order valence-corrected chi connectivity index (χ0v) is 21.6. The van der Waals surface area contributed by atoms with E-state index in [4.69, 9.17) is 18.5 Å². The number of carbonyl (C=O) groups is 2. The van der Waals surface area contributed by atoms with Gasteiger partial charge in [-0.1, -0.05) is 52.4 Å². The third kappa shape index (κ3) is 19.7. The van der Waals surface area contributed by atoms with Crippen LogP contribution in [0.1, 0.15) is 78.1 Å². The summed E-state index contributed by atoms with van der Waals surface area (Å²) in [5.74, 6) is -0.854. The summed E-state index contributed by atoms with van der Waals surface area (Å²) < 4.78 is 33.2. The molecule has 0 aromatic carbocycles. The number of hydrogen-bond donors (Lipinski definition) is 1. The number of phosphoric ester groups is 1. The van der Waals surface area contributed by atoms with Crippen molar-refractivity contribution >= 4 is 19.8 Å². The third-order valence-electron chi connectivity index (χ3n) is 4.64. The van der Waals surface area contributed by atoms with Crippen LogP contribution in [0.25, 0.3) is 0 Å². The van der Waals surface area contributed by atoms with Gasteiger partial charge in [0.2, 0.25) is 0 Å². The molecule has 0 aliphatic heterocycles. The van der Waals surface area contributed by atoms with Crippen molar-refractivity contribution in [3.8, 4) is 0 Å². The Morgan fingerprint density at radius 1 is 0.844 bits per heavy atom. The molecular formula is C22H45NO8P+. The van der Waals surface area contributed by atoms with E-state index in [1.54, 1.807) is 0 Å². The number of likely N-dealkylation sites (N-methyl/N-ethyl adjacent to an activating group) is 1. The zero-order chi connectivity index (χ0) is 24.5. The largest absolute Gasteiger partial charge is 0.472 e. The van der Waals surface area contributed by atoms with Crippen LogP contribution in [0.3, 0.4) is 0 Å². The van der Waals surface area contributed by atoms with Crippen molar-refractivity contribution < 1.29 is 42.1 Å². The summed E-state index contributed by atoms with van der Waals surface area (Å²) in [5.41, 5.74) is 0. The lowest BCUT2D eigenvalue weighted by Crippen LogP contribution is -2.37. The molecule has 0 aliphatic carbocycles. The molecule has 10 heteroatoms. The fourth-order valence-corrected chi connectivity index (χ4v) is 3.38. The predicted molar refractivity (Wildman–Crippen MR) is 123 cm³/mol. The third-order valence-corrected chi connectivity index (χ3v) is 5.62. The minimum absolute atomic E-state index is 0.0335. The second-order valence-electron chi connectivity index (χ2n) is 9.03. The standard InChI is InChI=1S/C22H44NO8P/c1-6-8-10-11-12-13-15-22(25)31-20(18-28-21(24)14-9-7-2)19-30-32(26,27)29-17-16-23(3,4)5/h20H,6-19H2,1-5H3/p+1. The summed E-state index contributed by atoms with van der Waals surface area (Å²) in [7, 11) is 1.47. The first-order chi connectivity index (χ1) is 15.0. The van der Waals surface area contributed by atoms with Gasteiger partial charge in [0.1, 0.15) is 19.8 Å². The Morgan fingerprint density at radius 2 is 1.44 bits per heavy atom. The van der Waals surface area contributed by atoms with E-state index in [1.807, 2.05) is 28.1 Å². The van der Waals surface area contributed by atoms with Crippen molar-refractivity contribution in [2.75, 3.05) is 47.5 Å². The molecule has 1 N–H and O–H groups in total. The average Bonchev–Trinajstić information content (AvgIpc) is 2.69. The molecule has 2 unspecified atom stereocenters. The Kier molecular flexibility index (Phi) is 16.9. The molecule has 32 heavy (non-hydrogen) atoms.